The first kappa shape index (κ1) is 12.9. The van der Waals surface area contributed by atoms with E-state index in [-0.39, 0.29) is 18.8 Å². The highest BCUT2D eigenvalue weighted by Gasteiger charge is 2.13. The summed E-state index contributed by atoms with van der Waals surface area (Å²) in [5.41, 5.74) is 7.41. The molecule has 2 nitrogen and oxygen atoms in total. The van der Waals surface area contributed by atoms with Crippen molar-refractivity contribution in [3.05, 3.63) is 36.0 Å². The number of alkyl halides is 2. The number of H-pyrrole nitrogens is 1. The van der Waals surface area contributed by atoms with Crippen LogP contribution >= 0.6 is 12.4 Å². The van der Waals surface area contributed by atoms with E-state index in [2.05, 4.69) is 4.98 Å². The molecular weight excluding hydrogens is 234 g/mol. The van der Waals surface area contributed by atoms with E-state index in [0.29, 0.717) is 0 Å². The fraction of sp³-hybridized carbons (Fsp3) is 0.273. The van der Waals surface area contributed by atoms with E-state index in [1.807, 2.05) is 24.4 Å². The average Bonchev–Trinajstić information content (AvgIpc) is 2.62. The molecular formula is C11H13ClF2N2. The summed E-state index contributed by atoms with van der Waals surface area (Å²) >= 11 is 0. The molecule has 1 atom stereocenters. The van der Waals surface area contributed by atoms with Gasteiger partial charge in [-0.1, -0.05) is 6.07 Å². The lowest BCUT2D eigenvalue weighted by Gasteiger charge is -2.11. The van der Waals surface area contributed by atoms with Crippen molar-refractivity contribution in [2.75, 3.05) is 0 Å². The molecule has 0 unspecified atom stereocenters. The summed E-state index contributed by atoms with van der Waals surface area (Å²) in [4.78, 5) is 3.04. The molecule has 0 bridgehead atoms. The Balaban J connectivity index is 0.00000128. The van der Waals surface area contributed by atoms with Gasteiger partial charge in [-0.25, -0.2) is 8.78 Å². The van der Waals surface area contributed by atoms with Crippen LogP contribution in [0.3, 0.4) is 0 Å². The molecule has 3 N–H and O–H groups in total. The molecule has 0 aliphatic heterocycles. The van der Waals surface area contributed by atoms with E-state index in [1.165, 1.54) is 0 Å². The summed E-state index contributed by atoms with van der Waals surface area (Å²) in [5.74, 6) is 0. The highest BCUT2D eigenvalue weighted by molar-refractivity contribution is 5.85. The number of nitrogens with two attached hydrogens (primary N) is 1. The van der Waals surface area contributed by atoms with Crippen LogP contribution in [0.2, 0.25) is 0 Å². The van der Waals surface area contributed by atoms with Crippen molar-refractivity contribution in [2.45, 2.75) is 18.9 Å². The topological polar surface area (TPSA) is 41.8 Å². The monoisotopic (exact) mass is 246 g/mol. The number of halogens is 3. The molecule has 16 heavy (non-hydrogen) atoms. The third kappa shape index (κ3) is 2.71. The molecule has 0 fully saturated rings. The first-order valence-electron chi connectivity index (χ1n) is 4.77. The molecule has 88 valence electrons. The van der Waals surface area contributed by atoms with Gasteiger partial charge in [-0.05, 0) is 29.1 Å². The maximum absolute atomic E-state index is 12.1. The van der Waals surface area contributed by atoms with Gasteiger partial charge in [0.25, 0.3) is 0 Å². The molecule has 0 spiro atoms. The van der Waals surface area contributed by atoms with Gasteiger partial charge in [-0.15, -0.1) is 12.4 Å². The Bertz CT molecular complexity index is 456. The zero-order valence-corrected chi connectivity index (χ0v) is 9.31. The molecule has 0 aliphatic carbocycles. The summed E-state index contributed by atoms with van der Waals surface area (Å²) in [7, 11) is 0. The zero-order valence-electron chi connectivity index (χ0n) is 8.49. The summed E-state index contributed by atoms with van der Waals surface area (Å²) in [6.45, 7) is 0. The van der Waals surface area contributed by atoms with Gasteiger partial charge >= 0.3 is 0 Å². The summed E-state index contributed by atoms with van der Waals surface area (Å²) < 4.78 is 24.3. The van der Waals surface area contributed by atoms with Crippen molar-refractivity contribution in [3.63, 3.8) is 0 Å². The van der Waals surface area contributed by atoms with Crippen molar-refractivity contribution in [1.29, 1.82) is 0 Å². The fourth-order valence-corrected chi connectivity index (χ4v) is 1.63. The van der Waals surface area contributed by atoms with E-state index >= 15 is 0 Å². The molecule has 1 aromatic heterocycles. The number of aromatic nitrogens is 1. The van der Waals surface area contributed by atoms with Gasteiger partial charge in [0.05, 0.1) is 0 Å². The highest BCUT2D eigenvalue weighted by Crippen LogP contribution is 2.22. The smallest absolute Gasteiger partial charge is 0.240 e. The van der Waals surface area contributed by atoms with E-state index < -0.39 is 12.5 Å². The Hall–Kier alpha value is -1.13. The maximum atomic E-state index is 12.1. The molecule has 0 saturated heterocycles. The molecule has 0 saturated carbocycles. The van der Waals surface area contributed by atoms with E-state index in [4.69, 9.17) is 5.73 Å². The van der Waals surface area contributed by atoms with Gasteiger partial charge < -0.3 is 10.7 Å². The van der Waals surface area contributed by atoms with Crippen LogP contribution in [-0.4, -0.2) is 11.4 Å². The van der Waals surface area contributed by atoms with Gasteiger partial charge in [0.15, 0.2) is 0 Å². The Morgan fingerprint density at radius 2 is 2.00 bits per heavy atom. The minimum atomic E-state index is -2.36. The summed E-state index contributed by atoms with van der Waals surface area (Å²) in [6.07, 6.45) is -0.842. The maximum Gasteiger partial charge on any atom is 0.240 e. The lowest BCUT2D eigenvalue weighted by Crippen LogP contribution is -2.13. The quantitative estimate of drug-likeness (QED) is 0.858. The van der Waals surface area contributed by atoms with Crippen LogP contribution in [0.5, 0.6) is 0 Å². The molecule has 5 heteroatoms. The van der Waals surface area contributed by atoms with Crippen LogP contribution in [0, 0.1) is 0 Å². The van der Waals surface area contributed by atoms with E-state index in [1.54, 1.807) is 6.07 Å². The van der Waals surface area contributed by atoms with Gasteiger partial charge in [-0.2, -0.15) is 0 Å². The van der Waals surface area contributed by atoms with Crippen LogP contribution in [-0.2, 0) is 0 Å². The average molecular weight is 247 g/mol. The van der Waals surface area contributed by atoms with Crippen LogP contribution in [0.1, 0.15) is 18.0 Å². The number of rotatable bonds is 3. The second-order valence-corrected chi connectivity index (χ2v) is 3.56. The van der Waals surface area contributed by atoms with Gasteiger partial charge in [-0.3, -0.25) is 0 Å². The van der Waals surface area contributed by atoms with Crippen molar-refractivity contribution in [1.82, 2.24) is 4.98 Å². The Kier molecular flexibility index (Phi) is 4.26. The second kappa shape index (κ2) is 5.27. The van der Waals surface area contributed by atoms with Crippen LogP contribution in [0.15, 0.2) is 30.5 Å². The standard InChI is InChI=1S/C11H12F2N2.ClH/c12-11(13)6-9(14)7-1-2-10-8(5-7)3-4-15-10;/h1-5,9,11,15H,6,14H2;1H/t9-;/m1./s1. The second-order valence-electron chi connectivity index (χ2n) is 3.56. The molecule has 2 rings (SSSR count). The SMILES string of the molecule is Cl.N[C@H](CC(F)F)c1ccc2[nH]ccc2c1. The molecule has 0 radical (unpaired) electrons. The lowest BCUT2D eigenvalue weighted by atomic mass is 10.0. The van der Waals surface area contributed by atoms with Crippen molar-refractivity contribution in [3.8, 4) is 0 Å². The molecule has 1 heterocycles. The largest absolute Gasteiger partial charge is 0.361 e. The van der Waals surface area contributed by atoms with Crippen molar-refractivity contribution >= 4 is 23.3 Å². The van der Waals surface area contributed by atoms with E-state index in [9.17, 15) is 8.78 Å². The molecule has 0 amide bonds. The predicted molar refractivity (Wildman–Crippen MR) is 63.1 cm³/mol. The lowest BCUT2D eigenvalue weighted by molar-refractivity contribution is 0.128. The number of benzene rings is 1. The van der Waals surface area contributed by atoms with Gasteiger partial charge in [0.2, 0.25) is 6.43 Å². The molecule has 1 aromatic carbocycles. The fourth-order valence-electron chi connectivity index (χ4n) is 1.63. The summed E-state index contributed by atoms with van der Waals surface area (Å²) in [6, 6.07) is 6.79. The molecule has 0 aliphatic rings. The normalized spacial score (nSPS) is 12.8. The Morgan fingerprint density at radius 3 is 2.69 bits per heavy atom. The first-order chi connectivity index (χ1) is 7.16. The third-order valence-corrected chi connectivity index (χ3v) is 2.44. The van der Waals surface area contributed by atoms with Crippen LogP contribution in [0.25, 0.3) is 10.9 Å². The summed E-state index contributed by atoms with van der Waals surface area (Å²) in [5, 5.41) is 0.997. The van der Waals surface area contributed by atoms with Gasteiger partial charge in [0.1, 0.15) is 0 Å². The number of nitrogens with one attached hydrogen (secondary N) is 1. The Labute approximate surface area is 98.2 Å². The highest BCUT2D eigenvalue weighted by atomic mass is 35.5. The minimum absolute atomic E-state index is 0. The number of fused-ring (bicyclic) bond motifs is 1. The van der Waals surface area contributed by atoms with E-state index in [0.717, 1.165) is 16.5 Å². The molecule has 2 aromatic rings. The van der Waals surface area contributed by atoms with Crippen molar-refractivity contribution < 1.29 is 8.78 Å². The first-order valence-corrected chi connectivity index (χ1v) is 4.77. The number of aromatic amines is 1. The van der Waals surface area contributed by atoms with Gasteiger partial charge in [0, 0.05) is 24.2 Å². The Morgan fingerprint density at radius 1 is 1.25 bits per heavy atom. The minimum Gasteiger partial charge on any atom is -0.361 e. The number of hydrogen-bond acceptors (Lipinski definition) is 1. The van der Waals surface area contributed by atoms with Crippen molar-refractivity contribution in [2.24, 2.45) is 5.73 Å². The number of hydrogen-bond donors (Lipinski definition) is 2. The van der Waals surface area contributed by atoms with Crippen LogP contribution < -0.4 is 5.73 Å². The van der Waals surface area contributed by atoms with Crippen LogP contribution in [0.4, 0.5) is 8.78 Å². The zero-order chi connectivity index (χ0) is 10.8. The predicted octanol–water partition coefficient (Wildman–Crippen LogP) is 3.24. The third-order valence-electron chi connectivity index (χ3n) is 2.44.